The second kappa shape index (κ2) is 7.65. The molecule has 1 amide bonds. The van der Waals surface area contributed by atoms with E-state index < -0.39 is 11.2 Å². The Bertz CT molecular complexity index is 1070. The molecular weight excluding hydrogens is 350 g/mol. The molecule has 0 aliphatic rings. The fourth-order valence-corrected chi connectivity index (χ4v) is 3.21. The van der Waals surface area contributed by atoms with Crippen LogP contribution in [0.4, 0.5) is 0 Å². The van der Waals surface area contributed by atoms with E-state index in [1.54, 1.807) is 30.1 Å². The third kappa shape index (κ3) is 3.44. The molecule has 27 heavy (non-hydrogen) atoms. The lowest BCUT2D eigenvalue weighted by atomic mass is 10.2. The van der Waals surface area contributed by atoms with E-state index in [4.69, 9.17) is 4.52 Å². The molecule has 0 bridgehead atoms. The molecule has 3 heterocycles. The van der Waals surface area contributed by atoms with E-state index in [0.717, 1.165) is 29.4 Å². The lowest BCUT2D eigenvalue weighted by Crippen LogP contribution is -2.37. The van der Waals surface area contributed by atoms with Crippen molar-refractivity contribution in [3.63, 3.8) is 0 Å². The molecule has 3 rings (SSSR count). The van der Waals surface area contributed by atoms with Crippen LogP contribution in [0.5, 0.6) is 0 Å². The summed E-state index contributed by atoms with van der Waals surface area (Å²) in [5, 5.41) is 6.89. The monoisotopic (exact) mass is 373 g/mol. The van der Waals surface area contributed by atoms with E-state index in [1.165, 1.54) is 11.6 Å². The molecule has 0 aliphatic carbocycles. The Hall–Kier alpha value is -3.10. The van der Waals surface area contributed by atoms with Gasteiger partial charge in [0, 0.05) is 32.7 Å². The highest BCUT2D eigenvalue weighted by atomic mass is 16.5. The fraction of sp³-hybridized carbons (Fsp3) is 0.444. The van der Waals surface area contributed by atoms with E-state index in [-0.39, 0.29) is 5.91 Å². The molecule has 1 N–H and O–H groups in total. The third-order valence-electron chi connectivity index (χ3n) is 4.59. The molecule has 0 spiro atoms. The average molecular weight is 373 g/mol. The Morgan fingerprint density at radius 1 is 1.26 bits per heavy atom. The van der Waals surface area contributed by atoms with Gasteiger partial charge in [-0.3, -0.25) is 18.7 Å². The van der Waals surface area contributed by atoms with Crippen molar-refractivity contribution in [3.05, 3.63) is 50.6 Å². The molecule has 3 aromatic rings. The molecule has 144 valence electrons. The van der Waals surface area contributed by atoms with Crippen molar-refractivity contribution in [3.8, 4) is 0 Å². The number of hydrogen-bond donors (Lipinski definition) is 1. The zero-order chi connectivity index (χ0) is 19.6. The van der Waals surface area contributed by atoms with Crippen LogP contribution >= 0.6 is 0 Å². The molecule has 0 saturated heterocycles. The fourth-order valence-electron chi connectivity index (χ4n) is 3.21. The van der Waals surface area contributed by atoms with Gasteiger partial charge < -0.3 is 14.4 Å². The molecule has 0 fully saturated rings. The molecule has 0 aromatic carbocycles. The Kier molecular flexibility index (Phi) is 5.29. The first-order valence-electron chi connectivity index (χ1n) is 8.91. The van der Waals surface area contributed by atoms with Crippen LogP contribution in [0.15, 0.2) is 32.6 Å². The summed E-state index contributed by atoms with van der Waals surface area (Å²) in [6.07, 6.45) is 5.48. The van der Waals surface area contributed by atoms with Crippen LogP contribution in [0.1, 0.15) is 35.8 Å². The van der Waals surface area contributed by atoms with Crippen LogP contribution in [0, 0.1) is 0 Å². The number of fused-ring (bicyclic) bond motifs is 1. The smallest absolute Gasteiger partial charge is 0.332 e. The predicted octanol–water partition coefficient (Wildman–Crippen LogP) is 0.799. The Morgan fingerprint density at radius 2 is 2.04 bits per heavy atom. The summed E-state index contributed by atoms with van der Waals surface area (Å²) >= 11 is 0. The van der Waals surface area contributed by atoms with E-state index in [2.05, 4.69) is 10.5 Å². The molecule has 0 aliphatic heterocycles. The van der Waals surface area contributed by atoms with Crippen molar-refractivity contribution in [2.45, 2.75) is 32.7 Å². The van der Waals surface area contributed by atoms with Crippen LogP contribution in [0.3, 0.4) is 0 Å². The zero-order valence-corrected chi connectivity index (χ0v) is 15.7. The number of carbonyl (C=O) groups is 1. The molecule has 0 radical (unpaired) electrons. The van der Waals surface area contributed by atoms with Crippen LogP contribution in [0.25, 0.3) is 11.0 Å². The first kappa shape index (κ1) is 18.7. The first-order chi connectivity index (χ1) is 13.0. The van der Waals surface area contributed by atoms with Gasteiger partial charge in [-0.2, -0.15) is 0 Å². The maximum Gasteiger partial charge on any atom is 0.332 e. The number of hydrogen-bond acceptors (Lipinski definition) is 5. The predicted molar refractivity (Wildman–Crippen MR) is 99.9 cm³/mol. The van der Waals surface area contributed by atoms with Crippen LogP contribution in [-0.2, 0) is 27.1 Å². The second-order valence-corrected chi connectivity index (χ2v) is 6.52. The average Bonchev–Trinajstić information content (AvgIpc) is 3.30. The molecule has 0 atom stereocenters. The summed E-state index contributed by atoms with van der Waals surface area (Å²) in [7, 11) is 3.04. The van der Waals surface area contributed by atoms with Crippen LogP contribution in [-0.4, -0.2) is 31.3 Å². The summed E-state index contributed by atoms with van der Waals surface area (Å²) in [6.45, 7) is 2.99. The van der Waals surface area contributed by atoms with Gasteiger partial charge in [0.15, 0.2) is 0 Å². The molecule has 0 unspecified atom stereocenters. The van der Waals surface area contributed by atoms with Crippen molar-refractivity contribution in [2.75, 3.05) is 6.54 Å². The molecule has 9 heteroatoms. The first-order valence-corrected chi connectivity index (χ1v) is 8.91. The lowest BCUT2D eigenvalue weighted by Gasteiger charge is -2.12. The van der Waals surface area contributed by atoms with Gasteiger partial charge in [0.1, 0.15) is 17.6 Å². The molecule has 0 saturated carbocycles. The number of nitrogens with zero attached hydrogens (tertiary/aromatic N) is 4. The van der Waals surface area contributed by atoms with Gasteiger partial charge in [0.25, 0.3) is 11.5 Å². The molecule has 9 nitrogen and oxygen atoms in total. The number of rotatable bonds is 7. The maximum atomic E-state index is 12.7. The standard InChI is InChI=1S/C18H23N5O4/c1-4-8-23-14(15(24)19-7-5-6-12-10-20-27-11-12)9-13-16(23)21(2)18(26)22(3)17(13)25/h9-11H,4-8H2,1-3H3,(H,19,24). The highest BCUT2D eigenvalue weighted by Gasteiger charge is 2.20. The van der Waals surface area contributed by atoms with Crippen molar-refractivity contribution in [1.29, 1.82) is 0 Å². The summed E-state index contributed by atoms with van der Waals surface area (Å²) < 4.78 is 8.99. The Balaban J connectivity index is 1.88. The SMILES string of the molecule is CCCn1c(C(=O)NCCCc2cnoc2)cc2c(=O)n(C)c(=O)n(C)c21. The maximum absolute atomic E-state index is 12.7. The summed E-state index contributed by atoms with van der Waals surface area (Å²) in [5.74, 6) is -0.264. The van der Waals surface area contributed by atoms with Crippen molar-refractivity contribution >= 4 is 16.9 Å². The minimum atomic E-state index is -0.413. The van der Waals surface area contributed by atoms with E-state index in [9.17, 15) is 14.4 Å². The van der Waals surface area contributed by atoms with E-state index >= 15 is 0 Å². The van der Waals surface area contributed by atoms with Gasteiger partial charge in [-0.15, -0.1) is 0 Å². The van der Waals surface area contributed by atoms with Gasteiger partial charge in [0.05, 0.1) is 11.6 Å². The largest absolute Gasteiger partial charge is 0.364 e. The van der Waals surface area contributed by atoms with E-state index in [1.807, 2.05) is 6.92 Å². The number of nitrogens with one attached hydrogen (secondary N) is 1. The highest BCUT2D eigenvalue weighted by molar-refractivity contribution is 5.97. The highest BCUT2D eigenvalue weighted by Crippen LogP contribution is 2.16. The minimum absolute atomic E-state index is 0.264. The van der Waals surface area contributed by atoms with Gasteiger partial charge in [-0.25, -0.2) is 4.79 Å². The number of amides is 1. The lowest BCUT2D eigenvalue weighted by molar-refractivity contribution is 0.0944. The van der Waals surface area contributed by atoms with Crippen molar-refractivity contribution in [2.24, 2.45) is 14.1 Å². The van der Waals surface area contributed by atoms with Crippen molar-refractivity contribution in [1.82, 2.24) is 24.2 Å². The number of carbonyl (C=O) groups excluding carboxylic acids is 1. The Labute approximate surface area is 155 Å². The Morgan fingerprint density at radius 3 is 2.70 bits per heavy atom. The number of aryl methyl sites for hydroxylation is 3. The third-order valence-corrected chi connectivity index (χ3v) is 4.59. The molecule has 3 aromatic heterocycles. The second-order valence-electron chi connectivity index (χ2n) is 6.52. The topological polar surface area (TPSA) is 104 Å². The normalized spacial score (nSPS) is 11.2. The van der Waals surface area contributed by atoms with Gasteiger partial charge in [0.2, 0.25) is 0 Å². The summed E-state index contributed by atoms with van der Waals surface area (Å²) in [6, 6.07) is 1.57. The van der Waals surface area contributed by atoms with Crippen LogP contribution < -0.4 is 16.6 Å². The minimum Gasteiger partial charge on any atom is -0.364 e. The summed E-state index contributed by atoms with van der Waals surface area (Å²) in [5.41, 5.74) is 1.02. The van der Waals surface area contributed by atoms with Gasteiger partial charge in [-0.05, 0) is 25.3 Å². The molecular formula is C18H23N5O4. The summed E-state index contributed by atoms with van der Waals surface area (Å²) in [4.78, 5) is 37.4. The van der Waals surface area contributed by atoms with Crippen LogP contribution in [0.2, 0.25) is 0 Å². The number of aromatic nitrogens is 4. The van der Waals surface area contributed by atoms with Crippen molar-refractivity contribution < 1.29 is 9.32 Å². The van der Waals surface area contributed by atoms with Gasteiger partial charge in [-0.1, -0.05) is 12.1 Å². The quantitative estimate of drug-likeness (QED) is 0.617. The zero-order valence-electron chi connectivity index (χ0n) is 15.7. The van der Waals surface area contributed by atoms with E-state index in [0.29, 0.717) is 29.8 Å². The van der Waals surface area contributed by atoms with Gasteiger partial charge >= 0.3 is 5.69 Å².